The zero-order valence-electron chi connectivity index (χ0n) is 11.0. The largest absolute Gasteiger partial charge is 0.405 e. The fourth-order valence-corrected chi connectivity index (χ4v) is 1.44. The zero-order chi connectivity index (χ0) is 16.2. The fraction of sp³-hybridized carbons (Fsp3) is 0.333. The van der Waals surface area contributed by atoms with E-state index in [4.69, 9.17) is 5.73 Å². The first-order valence-electron chi connectivity index (χ1n) is 5.74. The monoisotopic (exact) mass is 307 g/mol. The van der Waals surface area contributed by atoms with E-state index in [0.29, 0.717) is 0 Å². The molecule has 116 valence electrons. The van der Waals surface area contributed by atoms with Crippen molar-refractivity contribution in [2.45, 2.75) is 6.18 Å². The number of nitrogens with zero attached hydrogens (tertiary/aromatic N) is 1. The summed E-state index contributed by atoms with van der Waals surface area (Å²) in [5.41, 5.74) is 5.09. The van der Waals surface area contributed by atoms with Crippen molar-refractivity contribution in [2.24, 2.45) is 0 Å². The molecule has 1 aromatic rings. The number of alkyl halides is 3. The molecule has 0 aromatic heterocycles. The molecule has 21 heavy (non-hydrogen) atoms. The van der Waals surface area contributed by atoms with Crippen molar-refractivity contribution in [3.8, 4) is 0 Å². The van der Waals surface area contributed by atoms with Crippen molar-refractivity contribution in [1.29, 1.82) is 0 Å². The van der Waals surface area contributed by atoms with E-state index in [-0.39, 0.29) is 11.3 Å². The number of hydrogen-bond acceptors (Lipinski definition) is 3. The number of halogens is 4. The summed E-state index contributed by atoms with van der Waals surface area (Å²) in [6, 6.07) is 3.24. The lowest BCUT2D eigenvalue weighted by molar-refractivity contribution is -0.138. The van der Waals surface area contributed by atoms with Crippen LogP contribution in [0.5, 0.6) is 0 Å². The highest BCUT2D eigenvalue weighted by atomic mass is 19.4. The summed E-state index contributed by atoms with van der Waals surface area (Å²) in [4.78, 5) is 24.1. The van der Waals surface area contributed by atoms with Crippen LogP contribution in [0.15, 0.2) is 18.2 Å². The Kier molecular flexibility index (Phi) is 5.12. The first kappa shape index (κ1) is 16.7. The maximum Gasteiger partial charge on any atom is 0.405 e. The Morgan fingerprint density at radius 3 is 2.48 bits per heavy atom. The van der Waals surface area contributed by atoms with Gasteiger partial charge in [-0.05, 0) is 18.2 Å². The lowest BCUT2D eigenvalue weighted by Gasteiger charge is -2.17. The van der Waals surface area contributed by atoms with Crippen LogP contribution >= 0.6 is 0 Å². The van der Waals surface area contributed by atoms with Crippen LogP contribution in [0, 0.1) is 5.82 Å². The third-order valence-corrected chi connectivity index (χ3v) is 2.46. The molecule has 9 heteroatoms. The Labute approximate surface area is 117 Å². The van der Waals surface area contributed by atoms with Crippen molar-refractivity contribution in [2.75, 3.05) is 25.9 Å². The number of amides is 2. The van der Waals surface area contributed by atoms with Gasteiger partial charge in [0, 0.05) is 12.6 Å². The van der Waals surface area contributed by atoms with Crippen LogP contribution in [-0.4, -0.2) is 43.0 Å². The summed E-state index contributed by atoms with van der Waals surface area (Å²) < 4.78 is 48.7. The van der Waals surface area contributed by atoms with Crippen LogP contribution in [-0.2, 0) is 4.79 Å². The minimum atomic E-state index is -4.52. The molecule has 0 radical (unpaired) electrons. The molecule has 0 heterocycles. The first-order chi connectivity index (χ1) is 9.60. The normalized spacial score (nSPS) is 11.1. The number of benzene rings is 1. The fourth-order valence-electron chi connectivity index (χ4n) is 1.44. The van der Waals surface area contributed by atoms with E-state index in [1.54, 1.807) is 5.32 Å². The van der Waals surface area contributed by atoms with Crippen molar-refractivity contribution in [3.63, 3.8) is 0 Å². The van der Waals surface area contributed by atoms with Crippen molar-refractivity contribution in [3.05, 3.63) is 29.6 Å². The van der Waals surface area contributed by atoms with Gasteiger partial charge in [0.25, 0.3) is 5.91 Å². The number of nitrogens with one attached hydrogen (secondary N) is 1. The number of anilines is 1. The number of nitrogens with two attached hydrogens (primary N) is 1. The van der Waals surface area contributed by atoms with E-state index in [2.05, 4.69) is 0 Å². The molecule has 0 aliphatic carbocycles. The highest BCUT2D eigenvalue weighted by Gasteiger charge is 2.28. The predicted molar refractivity (Wildman–Crippen MR) is 66.8 cm³/mol. The second-order valence-electron chi connectivity index (χ2n) is 4.29. The molecule has 1 aromatic carbocycles. The molecule has 0 saturated heterocycles. The first-order valence-corrected chi connectivity index (χ1v) is 5.74. The van der Waals surface area contributed by atoms with Gasteiger partial charge in [0.1, 0.15) is 12.4 Å². The quantitative estimate of drug-likeness (QED) is 0.647. The lowest BCUT2D eigenvalue weighted by Crippen LogP contribution is -2.41. The predicted octanol–water partition coefficient (Wildman–Crippen LogP) is 1.16. The van der Waals surface area contributed by atoms with Crippen LogP contribution in [0.4, 0.5) is 23.2 Å². The van der Waals surface area contributed by atoms with Crippen LogP contribution in [0.25, 0.3) is 0 Å². The third kappa shape index (κ3) is 5.28. The number of likely N-dealkylation sites (N-methyl/N-ethyl adjacent to an activating group) is 1. The number of carbonyl (C=O) groups excluding carboxylic acids is 2. The second-order valence-corrected chi connectivity index (χ2v) is 4.29. The van der Waals surface area contributed by atoms with Crippen LogP contribution < -0.4 is 11.1 Å². The summed E-state index contributed by atoms with van der Waals surface area (Å²) in [6.45, 7) is -2.04. The molecule has 0 bridgehead atoms. The van der Waals surface area contributed by atoms with Gasteiger partial charge in [0.05, 0.1) is 12.2 Å². The van der Waals surface area contributed by atoms with Crippen LogP contribution in [0.1, 0.15) is 10.4 Å². The Morgan fingerprint density at radius 1 is 1.33 bits per heavy atom. The van der Waals surface area contributed by atoms with E-state index in [0.717, 1.165) is 23.1 Å². The van der Waals surface area contributed by atoms with E-state index in [1.165, 1.54) is 7.05 Å². The summed E-state index contributed by atoms with van der Waals surface area (Å²) in [6.07, 6.45) is -4.52. The van der Waals surface area contributed by atoms with Crippen molar-refractivity contribution < 1.29 is 27.2 Å². The van der Waals surface area contributed by atoms with E-state index in [1.807, 2.05) is 0 Å². The van der Waals surface area contributed by atoms with Gasteiger partial charge in [-0.2, -0.15) is 13.2 Å². The van der Waals surface area contributed by atoms with Gasteiger partial charge >= 0.3 is 6.18 Å². The van der Waals surface area contributed by atoms with E-state index in [9.17, 15) is 27.2 Å². The maximum absolute atomic E-state index is 13.0. The molecule has 0 atom stereocenters. The average Bonchev–Trinajstić information content (AvgIpc) is 2.38. The molecular formula is C12H13F4N3O2. The Balaban J connectivity index is 2.62. The zero-order valence-corrected chi connectivity index (χ0v) is 11.0. The summed E-state index contributed by atoms with van der Waals surface area (Å²) >= 11 is 0. The molecule has 0 unspecified atom stereocenters. The van der Waals surface area contributed by atoms with Gasteiger partial charge in [-0.1, -0.05) is 0 Å². The highest BCUT2D eigenvalue weighted by molar-refractivity contribution is 5.97. The number of carbonyl (C=O) groups is 2. The second kappa shape index (κ2) is 6.42. The van der Waals surface area contributed by atoms with Crippen molar-refractivity contribution >= 4 is 17.5 Å². The summed E-state index contributed by atoms with van der Waals surface area (Å²) in [5.74, 6) is -2.32. The molecule has 0 aliphatic rings. The lowest BCUT2D eigenvalue weighted by atomic mass is 10.1. The molecule has 1 rings (SSSR count). The topological polar surface area (TPSA) is 75.4 Å². The molecule has 5 nitrogen and oxygen atoms in total. The molecule has 0 aliphatic heterocycles. The standard InChI is InChI=1S/C12H13F4N3O2/c1-19(5-10(20)18-6-12(14,15)16)11(21)7-2-3-8(13)9(17)4-7/h2-4H,5-6,17H2,1H3,(H,18,20). The third-order valence-electron chi connectivity index (χ3n) is 2.46. The number of rotatable bonds is 4. The summed E-state index contributed by atoms with van der Waals surface area (Å²) in [5, 5.41) is 1.64. The number of nitrogen functional groups attached to an aromatic ring is 1. The molecule has 3 N–H and O–H groups in total. The van der Waals surface area contributed by atoms with E-state index < -0.39 is 36.9 Å². The van der Waals surface area contributed by atoms with Gasteiger partial charge in [-0.25, -0.2) is 4.39 Å². The molecule has 0 fully saturated rings. The van der Waals surface area contributed by atoms with Gasteiger partial charge in [-0.15, -0.1) is 0 Å². The van der Waals surface area contributed by atoms with Gasteiger partial charge < -0.3 is 16.0 Å². The Hall–Kier alpha value is -2.32. The molecule has 0 spiro atoms. The molecule has 2 amide bonds. The highest BCUT2D eigenvalue weighted by Crippen LogP contribution is 2.14. The van der Waals surface area contributed by atoms with Crippen molar-refractivity contribution in [1.82, 2.24) is 10.2 Å². The van der Waals surface area contributed by atoms with Gasteiger partial charge in [0.15, 0.2) is 0 Å². The Morgan fingerprint density at radius 2 is 1.95 bits per heavy atom. The minimum absolute atomic E-state index is 0.0278. The SMILES string of the molecule is CN(CC(=O)NCC(F)(F)F)C(=O)c1ccc(F)c(N)c1. The molecule has 0 saturated carbocycles. The maximum atomic E-state index is 13.0. The van der Waals surface area contributed by atoms with Gasteiger partial charge in [0.2, 0.25) is 5.91 Å². The minimum Gasteiger partial charge on any atom is -0.396 e. The van der Waals surface area contributed by atoms with E-state index >= 15 is 0 Å². The summed E-state index contributed by atoms with van der Waals surface area (Å²) in [7, 11) is 1.23. The van der Waals surface area contributed by atoms with Gasteiger partial charge in [-0.3, -0.25) is 9.59 Å². The molecular weight excluding hydrogens is 294 g/mol. The Bertz CT molecular complexity index is 546. The van der Waals surface area contributed by atoms with Crippen LogP contribution in [0.3, 0.4) is 0 Å². The average molecular weight is 307 g/mol. The number of hydrogen-bond donors (Lipinski definition) is 2. The van der Waals surface area contributed by atoms with Crippen LogP contribution in [0.2, 0.25) is 0 Å². The smallest absolute Gasteiger partial charge is 0.396 e.